The number of likely N-dealkylation sites (tertiary alicyclic amines) is 1. The van der Waals surface area contributed by atoms with E-state index in [1.54, 1.807) is 0 Å². The van der Waals surface area contributed by atoms with Crippen LogP contribution in [0.5, 0.6) is 0 Å². The maximum Gasteiger partial charge on any atom is 0.222 e. The minimum absolute atomic E-state index is 0.404. The molecule has 1 aliphatic heterocycles. The van der Waals surface area contributed by atoms with Gasteiger partial charge in [0.05, 0.1) is 0 Å². The third kappa shape index (κ3) is 5.28. The maximum absolute atomic E-state index is 12.4. The van der Waals surface area contributed by atoms with Crippen molar-refractivity contribution in [3.05, 3.63) is 0 Å². The van der Waals surface area contributed by atoms with Crippen molar-refractivity contribution >= 4 is 5.91 Å². The highest BCUT2D eigenvalue weighted by Gasteiger charge is 2.28. The minimum atomic E-state index is 0.404. The lowest BCUT2D eigenvalue weighted by Gasteiger charge is -2.37. The molecule has 0 bridgehead atoms. The number of hydrogen-bond acceptors (Lipinski definition) is 2. The highest BCUT2D eigenvalue weighted by molar-refractivity contribution is 5.76. The van der Waals surface area contributed by atoms with Crippen LogP contribution in [0.2, 0.25) is 0 Å². The van der Waals surface area contributed by atoms with Gasteiger partial charge in [-0.3, -0.25) is 4.79 Å². The minimum Gasteiger partial charge on any atom is -0.342 e. The second-order valence-corrected chi connectivity index (χ2v) is 7.21. The molecule has 1 saturated carbocycles. The summed E-state index contributed by atoms with van der Waals surface area (Å²) in [5, 5.41) is 3.63. The van der Waals surface area contributed by atoms with E-state index >= 15 is 0 Å². The van der Waals surface area contributed by atoms with Crippen LogP contribution in [0.4, 0.5) is 0 Å². The molecule has 2 aliphatic rings. The molecule has 2 unspecified atom stereocenters. The van der Waals surface area contributed by atoms with Gasteiger partial charge < -0.3 is 10.2 Å². The van der Waals surface area contributed by atoms with Gasteiger partial charge in [-0.05, 0) is 37.6 Å². The maximum atomic E-state index is 12.4. The summed E-state index contributed by atoms with van der Waals surface area (Å²) in [7, 11) is 0. The van der Waals surface area contributed by atoms with Crippen molar-refractivity contribution in [1.29, 1.82) is 0 Å². The summed E-state index contributed by atoms with van der Waals surface area (Å²) in [5.41, 5.74) is 0. The molecule has 0 aromatic carbocycles. The van der Waals surface area contributed by atoms with Gasteiger partial charge in [0, 0.05) is 25.6 Å². The van der Waals surface area contributed by atoms with Crippen LogP contribution in [0.3, 0.4) is 0 Å². The second-order valence-electron chi connectivity index (χ2n) is 7.21. The summed E-state index contributed by atoms with van der Waals surface area (Å²) in [5.74, 6) is 1.81. The molecule has 2 fully saturated rings. The molecule has 2 rings (SSSR count). The highest BCUT2D eigenvalue weighted by atomic mass is 16.2. The summed E-state index contributed by atoms with van der Waals surface area (Å²) >= 11 is 0. The second kappa shape index (κ2) is 8.77. The van der Waals surface area contributed by atoms with Gasteiger partial charge in [-0.2, -0.15) is 0 Å². The molecular weight excluding hydrogens is 260 g/mol. The van der Waals surface area contributed by atoms with Gasteiger partial charge in [0.2, 0.25) is 5.91 Å². The van der Waals surface area contributed by atoms with E-state index in [1.807, 2.05) is 0 Å². The van der Waals surface area contributed by atoms with Gasteiger partial charge in [-0.15, -0.1) is 0 Å². The first kappa shape index (κ1) is 16.8. The molecule has 0 aromatic rings. The molecule has 1 heterocycles. The predicted molar refractivity (Wildman–Crippen MR) is 88.3 cm³/mol. The van der Waals surface area contributed by atoms with Crippen LogP contribution in [-0.4, -0.2) is 36.5 Å². The fourth-order valence-electron chi connectivity index (χ4n) is 3.97. The van der Waals surface area contributed by atoms with Crippen LogP contribution in [0.15, 0.2) is 0 Å². The first-order valence-corrected chi connectivity index (χ1v) is 9.22. The largest absolute Gasteiger partial charge is 0.342 e. The Balaban J connectivity index is 1.68. The van der Waals surface area contributed by atoms with E-state index in [0.29, 0.717) is 17.9 Å². The number of hydrogen-bond donors (Lipinski definition) is 1. The molecule has 0 radical (unpaired) electrons. The Morgan fingerprint density at radius 3 is 2.62 bits per heavy atom. The average Bonchev–Trinajstić information content (AvgIpc) is 2.52. The zero-order valence-corrected chi connectivity index (χ0v) is 14.1. The van der Waals surface area contributed by atoms with E-state index in [4.69, 9.17) is 0 Å². The summed E-state index contributed by atoms with van der Waals surface area (Å²) in [6, 6.07) is 0.604. The fraction of sp³-hybridized carbons (Fsp3) is 0.944. The quantitative estimate of drug-likeness (QED) is 0.812. The number of carbonyl (C=O) groups excluding carboxylic acids is 1. The van der Waals surface area contributed by atoms with Crippen molar-refractivity contribution in [3.63, 3.8) is 0 Å². The van der Waals surface area contributed by atoms with Crippen LogP contribution < -0.4 is 5.32 Å². The molecule has 0 aromatic heterocycles. The van der Waals surface area contributed by atoms with Gasteiger partial charge in [0.1, 0.15) is 0 Å². The summed E-state index contributed by atoms with van der Waals surface area (Å²) < 4.78 is 0. The topological polar surface area (TPSA) is 32.3 Å². The molecule has 2 atom stereocenters. The van der Waals surface area contributed by atoms with Crippen LogP contribution in [0.1, 0.15) is 71.6 Å². The number of nitrogens with one attached hydrogen (secondary N) is 1. The van der Waals surface area contributed by atoms with E-state index in [-0.39, 0.29) is 0 Å². The Kier molecular flexibility index (Phi) is 7.01. The molecule has 3 heteroatoms. The lowest BCUT2D eigenvalue weighted by molar-refractivity contribution is -0.133. The Morgan fingerprint density at radius 1 is 1.19 bits per heavy atom. The summed E-state index contributed by atoms with van der Waals surface area (Å²) in [6.45, 7) is 7.50. The Hall–Kier alpha value is -0.570. The number of nitrogens with zero attached hydrogens (tertiary/aromatic N) is 1. The first-order valence-electron chi connectivity index (χ1n) is 9.22. The predicted octanol–water partition coefficient (Wildman–Crippen LogP) is 3.58. The molecule has 1 saturated heterocycles. The van der Waals surface area contributed by atoms with Crippen molar-refractivity contribution in [2.45, 2.75) is 77.7 Å². The van der Waals surface area contributed by atoms with Crippen LogP contribution in [-0.2, 0) is 4.79 Å². The summed E-state index contributed by atoms with van der Waals surface area (Å²) in [4.78, 5) is 14.5. The molecular formula is C18H34N2O. The van der Waals surface area contributed by atoms with Crippen molar-refractivity contribution in [3.8, 4) is 0 Å². The standard InChI is InChI=1S/C18H34N2O/c1-3-12-19-17-11-13-20(14-15(17)2)18(21)10-9-16-7-5-4-6-8-16/h15-17,19H,3-14H2,1-2H3. The van der Waals surface area contributed by atoms with Crippen molar-refractivity contribution in [2.24, 2.45) is 11.8 Å². The third-order valence-electron chi connectivity index (χ3n) is 5.41. The van der Waals surface area contributed by atoms with Crippen molar-refractivity contribution in [1.82, 2.24) is 10.2 Å². The molecule has 0 spiro atoms. The lowest BCUT2D eigenvalue weighted by atomic mass is 9.86. The number of piperidine rings is 1. The zero-order valence-electron chi connectivity index (χ0n) is 14.1. The van der Waals surface area contributed by atoms with Crippen molar-refractivity contribution < 1.29 is 4.79 Å². The first-order chi connectivity index (χ1) is 10.2. The van der Waals surface area contributed by atoms with E-state index < -0.39 is 0 Å². The molecule has 21 heavy (non-hydrogen) atoms. The van der Waals surface area contributed by atoms with Gasteiger partial charge in [0.15, 0.2) is 0 Å². The molecule has 1 amide bonds. The van der Waals surface area contributed by atoms with E-state index in [0.717, 1.165) is 44.8 Å². The fourth-order valence-corrected chi connectivity index (χ4v) is 3.97. The molecule has 122 valence electrons. The van der Waals surface area contributed by atoms with Gasteiger partial charge >= 0.3 is 0 Å². The van der Waals surface area contributed by atoms with Gasteiger partial charge in [0.25, 0.3) is 0 Å². The number of amides is 1. The third-order valence-corrected chi connectivity index (χ3v) is 5.41. The van der Waals surface area contributed by atoms with Crippen LogP contribution in [0.25, 0.3) is 0 Å². The normalized spacial score (nSPS) is 27.8. The van der Waals surface area contributed by atoms with E-state index in [9.17, 15) is 4.79 Å². The highest BCUT2D eigenvalue weighted by Crippen LogP contribution is 2.28. The Labute approximate surface area is 130 Å². The average molecular weight is 294 g/mol. The van der Waals surface area contributed by atoms with Crippen LogP contribution in [0, 0.1) is 11.8 Å². The van der Waals surface area contributed by atoms with Crippen LogP contribution >= 0.6 is 0 Å². The number of carbonyl (C=O) groups is 1. The number of rotatable bonds is 6. The van der Waals surface area contributed by atoms with Crippen molar-refractivity contribution in [2.75, 3.05) is 19.6 Å². The van der Waals surface area contributed by atoms with Gasteiger partial charge in [-0.1, -0.05) is 46.0 Å². The van der Waals surface area contributed by atoms with E-state index in [2.05, 4.69) is 24.1 Å². The Morgan fingerprint density at radius 2 is 1.95 bits per heavy atom. The smallest absolute Gasteiger partial charge is 0.222 e. The molecule has 1 N–H and O–H groups in total. The summed E-state index contributed by atoms with van der Waals surface area (Å²) in [6.07, 6.45) is 11.1. The molecule has 3 nitrogen and oxygen atoms in total. The van der Waals surface area contributed by atoms with E-state index in [1.165, 1.54) is 38.5 Å². The monoisotopic (exact) mass is 294 g/mol. The zero-order chi connectivity index (χ0) is 15.1. The lowest BCUT2D eigenvalue weighted by Crippen LogP contribution is -2.50. The SMILES string of the molecule is CCCNC1CCN(C(=O)CCC2CCCCC2)CC1C. The molecule has 1 aliphatic carbocycles. The van der Waals surface area contributed by atoms with Gasteiger partial charge in [-0.25, -0.2) is 0 Å². The Bertz CT molecular complexity index is 312.